The van der Waals surface area contributed by atoms with Gasteiger partial charge in [0.2, 0.25) is 0 Å². The minimum atomic E-state index is 0.0212. The van der Waals surface area contributed by atoms with E-state index in [9.17, 15) is 5.11 Å². The van der Waals surface area contributed by atoms with Crippen molar-refractivity contribution in [2.75, 3.05) is 13.7 Å². The maximum atomic E-state index is 10.9. The number of benzene rings is 2. The molecule has 2 aromatic heterocycles. The summed E-state index contributed by atoms with van der Waals surface area (Å²) in [5.41, 5.74) is 5.97. The van der Waals surface area contributed by atoms with E-state index < -0.39 is 0 Å². The molecule has 4 aromatic rings. The number of nitrogens with one attached hydrogen (secondary N) is 2. The van der Waals surface area contributed by atoms with Crippen molar-refractivity contribution in [1.29, 1.82) is 5.41 Å². The van der Waals surface area contributed by atoms with E-state index in [1.165, 1.54) is 22.3 Å². The summed E-state index contributed by atoms with van der Waals surface area (Å²) in [6.45, 7) is 0.331. The van der Waals surface area contributed by atoms with Crippen molar-refractivity contribution in [2.45, 2.75) is 25.3 Å². The van der Waals surface area contributed by atoms with Gasteiger partial charge in [-0.3, -0.25) is 5.41 Å². The molecule has 0 spiro atoms. The fourth-order valence-electron chi connectivity index (χ4n) is 5.08. The molecule has 166 valence electrons. The summed E-state index contributed by atoms with van der Waals surface area (Å²) < 4.78 is 5.43. The van der Waals surface area contributed by atoms with Crippen LogP contribution in [0.15, 0.2) is 59.7 Å². The number of aryl methyl sites for hydroxylation is 1. The Bertz CT molecular complexity index is 1400. The summed E-state index contributed by atoms with van der Waals surface area (Å²) >= 11 is 1.47. The van der Waals surface area contributed by atoms with Crippen LogP contribution in [0.5, 0.6) is 5.75 Å². The van der Waals surface area contributed by atoms with Crippen LogP contribution in [0, 0.1) is 5.41 Å². The zero-order valence-electron chi connectivity index (χ0n) is 18.3. The lowest BCUT2D eigenvalue weighted by molar-refractivity contribution is 0.271. The molecule has 3 heterocycles. The third-order valence-electron chi connectivity index (χ3n) is 6.68. The summed E-state index contributed by atoms with van der Waals surface area (Å²) in [4.78, 5) is 10.4. The van der Waals surface area contributed by atoms with Crippen LogP contribution in [0.1, 0.15) is 35.1 Å². The molecule has 0 bridgehead atoms. The third kappa shape index (κ3) is 3.23. The Balaban J connectivity index is 1.33. The van der Waals surface area contributed by atoms with Gasteiger partial charge in [0.15, 0.2) is 0 Å². The fraction of sp³-hybridized carbons (Fsp3) is 0.231. The van der Waals surface area contributed by atoms with Gasteiger partial charge in [0, 0.05) is 27.5 Å². The van der Waals surface area contributed by atoms with Crippen LogP contribution in [0.25, 0.3) is 27.7 Å². The number of aliphatic hydroxyl groups excluding tert-OH is 1. The molecule has 7 heteroatoms. The SMILES string of the molecule is COc1ccc2[nH]c3c(c2c1)CCCC3N1CC(O)=C(c2nc(-c3ccccc3)cs2)C1=N. The summed E-state index contributed by atoms with van der Waals surface area (Å²) in [5.74, 6) is 1.41. The number of fused-ring (bicyclic) bond motifs is 3. The van der Waals surface area contributed by atoms with Gasteiger partial charge in [0.1, 0.15) is 22.4 Å². The van der Waals surface area contributed by atoms with Crippen LogP contribution in [0.3, 0.4) is 0 Å². The van der Waals surface area contributed by atoms with Crippen LogP contribution in [0.4, 0.5) is 0 Å². The molecular weight excluding hydrogens is 432 g/mol. The number of hydrogen-bond acceptors (Lipinski definition) is 5. The van der Waals surface area contributed by atoms with Crippen molar-refractivity contribution in [3.05, 3.63) is 75.9 Å². The summed E-state index contributed by atoms with van der Waals surface area (Å²) in [6.07, 6.45) is 2.98. The van der Waals surface area contributed by atoms with Gasteiger partial charge in [0.25, 0.3) is 0 Å². The second kappa shape index (κ2) is 7.78. The molecular formula is C26H24N4O2S. The second-order valence-electron chi connectivity index (χ2n) is 8.54. The number of thiazole rings is 1. The molecule has 33 heavy (non-hydrogen) atoms. The van der Waals surface area contributed by atoms with Gasteiger partial charge >= 0.3 is 0 Å². The van der Waals surface area contributed by atoms with E-state index in [0.29, 0.717) is 23.0 Å². The lowest BCUT2D eigenvalue weighted by Crippen LogP contribution is -2.33. The van der Waals surface area contributed by atoms with Gasteiger partial charge in [-0.1, -0.05) is 30.3 Å². The van der Waals surface area contributed by atoms with E-state index in [-0.39, 0.29) is 11.8 Å². The average molecular weight is 457 g/mol. The van der Waals surface area contributed by atoms with E-state index in [0.717, 1.165) is 47.5 Å². The topological polar surface area (TPSA) is 85.2 Å². The van der Waals surface area contributed by atoms with Crippen LogP contribution >= 0.6 is 11.3 Å². The molecule has 1 unspecified atom stereocenters. The monoisotopic (exact) mass is 456 g/mol. The second-order valence-corrected chi connectivity index (χ2v) is 9.40. The van der Waals surface area contributed by atoms with Crippen LogP contribution in [-0.2, 0) is 6.42 Å². The maximum absolute atomic E-state index is 10.9. The number of H-pyrrole nitrogens is 1. The van der Waals surface area contributed by atoms with Crippen molar-refractivity contribution < 1.29 is 9.84 Å². The smallest absolute Gasteiger partial charge is 0.135 e. The van der Waals surface area contributed by atoms with Gasteiger partial charge in [-0.05, 0) is 43.0 Å². The number of ether oxygens (including phenoxy) is 1. The highest BCUT2D eigenvalue weighted by molar-refractivity contribution is 7.11. The molecule has 2 aromatic carbocycles. The molecule has 0 amide bonds. The van der Waals surface area contributed by atoms with Gasteiger partial charge < -0.3 is 19.7 Å². The zero-order valence-corrected chi connectivity index (χ0v) is 19.1. The first-order valence-corrected chi connectivity index (χ1v) is 12.0. The molecule has 0 saturated carbocycles. The Kier molecular flexibility index (Phi) is 4.73. The molecule has 0 radical (unpaired) electrons. The van der Waals surface area contributed by atoms with Gasteiger partial charge in [-0.2, -0.15) is 0 Å². The first-order valence-electron chi connectivity index (χ1n) is 11.1. The number of amidine groups is 1. The third-order valence-corrected chi connectivity index (χ3v) is 7.54. The molecule has 1 aliphatic heterocycles. The van der Waals surface area contributed by atoms with Crippen molar-refractivity contribution in [3.63, 3.8) is 0 Å². The molecule has 0 fully saturated rings. The Hall–Kier alpha value is -3.58. The van der Waals surface area contributed by atoms with Crippen molar-refractivity contribution in [1.82, 2.24) is 14.9 Å². The minimum absolute atomic E-state index is 0.0212. The van der Waals surface area contributed by atoms with Crippen molar-refractivity contribution in [2.24, 2.45) is 0 Å². The standard InChI is InChI=1S/C26H24N4O2S/c1-32-16-10-11-19-18(12-16)17-8-5-9-21(24(17)28-19)30-13-22(31)23(25(30)27)26-29-20(14-33-26)15-6-3-2-4-7-15/h2-4,6-7,10-12,14,21,27-28,31H,5,8-9,13H2,1H3. The highest BCUT2D eigenvalue weighted by Crippen LogP contribution is 2.43. The zero-order chi connectivity index (χ0) is 22.5. The van der Waals surface area contributed by atoms with Crippen LogP contribution in [0.2, 0.25) is 0 Å². The Labute approximate surface area is 195 Å². The number of aromatic nitrogens is 2. The predicted molar refractivity (Wildman–Crippen MR) is 132 cm³/mol. The average Bonchev–Trinajstić information content (AvgIpc) is 3.54. The first kappa shape index (κ1) is 20.1. The fourth-order valence-corrected chi connectivity index (χ4v) is 5.97. The maximum Gasteiger partial charge on any atom is 0.135 e. The van der Waals surface area contributed by atoms with Crippen molar-refractivity contribution >= 4 is 33.6 Å². The molecule has 2 aliphatic rings. The van der Waals surface area contributed by atoms with Gasteiger partial charge in [-0.25, -0.2) is 4.98 Å². The van der Waals surface area contributed by atoms with Crippen LogP contribution in [-0.4, -0.2) is 39.5 Å². The summed E-state index contributed by atoms with van der Waals surface area (Å²) in [7, 11) is 1.69. The lowest BCUT2D eigenvalue weighted by atomic mass is 9.90. The normalized spacial score (nSPS) is 18.3. The summed E-state index contributed by atoms with van der Waals surface area (Å²) in [5, 5.41) is 23.7. The highest BCUT2D eigenvalue weighted by Gasteiger charge is 2.38. The number of rotatable bonds is 4. The molecule has 6 rings (SSSR count). The van der Waals surface area contributed by atoms with Gasteiger partial charge in [-0.15, -0.1) is 11.3 Å². The van der Waals surface area contributed by atoms with E-state index in [1.54, 1.807) is 7.11 Å². The molecule has 3 N–H and O–H groups in total. The Morgan fingerprint density at radius 2 is 2.06 bits per heavy atom. The first-order chi connectivity index (χ1) is 16.1. The van der Waals surface area contributed by atoms with E-state index in [4.69, 9.17) is 15.1 Å². The molecule has 0 saturated heterocycles. The van der Waals surface area contributed by atoms with E-state index >= 15 is 0 Å². The van der Waals surface area contributed by atoms with Crippen molar-refractivity contribution in [3.8, 4) is 17.0 Å². The number of nitrogens with zero attached hydrogens (tertiary/aromatic N) is 2. The Morgan fingerprint density at radius 3 is 2.88 bits per heavy atom. The number of aliphatic hydroxyl groups is 1. The molecule has 1 aliphatic carbocycles. The van der Waals surface area contributed by atoms with Crippen LogP contribution < -0.4 is 4.74 Å². The minimum Gasteiger partial charge on any atom is -0.510 e. The summed E-state index contributed by atoms with van der Waals surface area (Å²) in [6, 6.07) is 16.1. The number of hydrogen-bond donors (Lipinski definition) is 3. The van der Waals surface area contributed by atoms with E-state index in [1.807, 2.05) is 46.7 Å². The Morgan fingerprint density at radius 1 is 1.21 bits per heavy atom. The molecule has 6 nitrogen and oxygen atoms in total. The lowest BCUT2D eigenvalue weighted by Gasteiger charge is -2.32. The predicted octanol–water partition coefficient (Wildman–Crippen LogP) is 5.94. The molecule has 1 atom stereocenters. The quantitative estimate of drug-likeness (QED) is 0.355. The highest BCUT2D eigenvalue weighted by atomic mass is 32.1. The van der Waals surface area contributed by atoms with Gasteiger partial charge in [0.05, 0.1) is 31.0 Å². The van der Waals surface area contributed by atoms with E-state index in [2.05, 4.69) is 17.1 Å². The number of methoxy groups -OCH3 is 1. The number of aromatic amines is 1. The largest absolute Gasteiger partial charge is 0.510 e.